The summed E-state index contributed by atoms with van der Waals surface area (Å²) in [5.41, 5.74) is 0.615. The van der Waals surface area contributed by atoms with Crippen molar-refractivity contribution >= 4 is 18.0 Å². The van der Waals surface area contributed by atoms with E-state index >= 15 is 0 Å². The number of amides is 2. The number of alkyl carbamates (subject to hydrolysis) is 1. The number of unbranched alkanes of at least 4 members (excludes halogenated alkanes) is 1. The molecule has 1 aromatic rings. The molecule has 5 unspecified atom stereocenters. The van der Waals surface area contributed by atoms with Gasteiger partial charge in [-0.3, -0.25) is 4.79 Å². The van der Waals surface area contributed by atoms with Crippen molar-refractivity contribution in [1.29, 1.82) is 0 Å². The quantitative estimate of drug-likeness (QED) is 0.142. The van der Waals surface area contributed by atoms with Crippen LogP contribution in [-0.2, 0) is 25.7 Å². The van der Waals surface area contributed by atoms with E-state index in [4.69, 9.17) is 9.47 Å². The summed E-state index contributed by atoms with van der Waals surface area (Å²) in [5.74, 6) is 0.652. The molecule has 0 aliphatic heterocycles. The molecule has 4 aliphatic carbocycles. The van der Waals surface area contributed by atoms with Gasteiger partial charge < -0.3 is 35.4 Å². The van der Waals surface area contributed by atoms with Crippen molar-refractivity contribution in [3.05, 3.63) is 35.9 Å². The summed E-state index contributed by atoms with van der Waals surface area (Å²) >= 11 is 0. The first-order valence-corrected chi connectivity index (χ1v) is 18.7. The van der Waals surface area contributed by atoms with Crippen LogP contribution in [0.5, 0.6) is 0 Å². The van der Waals surface area contributed by atoms with Crippen LogP contribution in [0.25, 0.3) is 0 Å². The highest BCUT2D eigenvalue weighted by Crippen LogP contribution is 2.68. The molecule has 5 N–H and O–H groups in total. The number of benzene rings is 1. The van der Waals surface area contributed by atoms with Crippen LogP contribution in [0.4, 0.5) is 4.79 Å². The summed E-state index contributed by atoms with van der Waals surface area (Å²) in [5, 5.41) is 39.4. The number of ether oxygens (including phenoxy) is 2. The summed E-state index contributed by atoms with van der Waals surface area (Å²) in [7, 11) is 1.31. The van der Waals surface area contributed by atoms with Crippen LogP contribution >= 0.6 is 0 Å². The minimum Gasteiger partial charge on any atom is -0.467 e. The van der Waals surface area contributed by atoms with Crippen LogP contribution in [0, 0.1) is 46.3 Å². The van der Waals surface area contributed by atoms with Gasteiger partial charge >= 0.3 is 12.1 Å². The Kier molecular flexibility index (Phi) is 12.3. The van der Waals surface area contributed by atoms with E-state index in [1.54, 1.807) is 0 Å². The molecule has 4 saturated carbocycles. The maximum absolute atomic E-state index is 13.1. The van der Waals surface area contributed by atoms with Crippen molar-refractivity contribution in [2.24, 2.45) is 46.3 Å². The average Bonchev–Trinajstić information content (AvgIpc) is 3.45. The van der Waals surface area contributed by atoms with Gasteiger partial charge in [0.05, 0.1) is 25.4 Å². The number of nitrogens with one attached hydrogen (secondary N) is 2. The van der Waals surface area contributed by atoms with Crippen molar-refractivity contribution in [3.63, 3.8) is 0 Å². The summed E-state index contributed by atoms with van der Waals surface area (Å²) in [6, 6.07) is 8.68. The second-order valence-electron chi connectivity index (χ2n) is 16.2. The normalized spacial score (nSPS) is 36.3. The zero-order valence-electron chi connectivity index (χ0n) is 29.9. The van der Waals surface area contributed by atoms with Crippen molar-refractivity contribution in [1.82, 2.24) is 10.6 Å². The number of carbonyl (C=O) groups is 3. The van der Waals surface area contributed by atoms with Gasteiger partial charge in [0.2, 0.25) is 5.91 Å². The lowest BCUT2D eigenvalue weighted by Crippen LogP contribution is -2.62. The molecule has 5 rings (SSSR count). The zero-order chi connectivity index (χ0) is 35.3. The molecule has 274 valence electrons. The molecular formula is C39H60N2O8. The minimum atomic E-state index is -0.762. The third-order valence-corrected chi connectivity index (χ3v) is 13.6. The number of fused-ring (bicyclic) bond motifs is 5. The van der Waals surface area contributed by atoms with Gasteiger partial charge in [-0.15, -0.1) is 0 Å². The molecule has 0 heterocycles. The summed E-state index contributed by atoms with van der Waals surface area (Å²) in [4.78, 5) is 37.6. The van der Waals surface area contributed by atoms with Crippen LogP contribution in [-0.4, -0.2) is 71.3 Å². The Labute approximate surface area is 292 Å². The van der Waals surface area contributed by atoms with E-state index < -0.39 is 30.3 Å². The van der Waals surface area contributed by atoms with E-state index in [-0.39, 0.29) is 71.4 Å². The van der Waals surface area contributed by atoms with E-state index in [1.807, 2.05) is 30.3 Å². The lowest BCUT2D eigenvalue weighted by molar-refractivity contribution is -0.207. The molecule has 10 heteroatoms. The number of hydrogen-bond donors (Lipinski definition) is 5. The van der Waals surface area contributed by atoms with Gasteiger partial charge in [-0.25, -0.2) is 9.59 Å². The molecule has 49 heavy (non-hydrogen) atoms. The summed E-state index contributed by atoms with van der Waals surface area (Å²) < 4.78 is 10.2. The van der Waals surface area contributed by atoms with Gasteiger partial charge in [0.15, 0.2) is 0 Å². The molecule has 4 fully saturated rings. The summed E-state index contributed by atoms with van der Waals surface area (Å²) in [6.45, 7) is 7.33. The number of aliphatic hydroxyl groups excluding tert-OH is 3. The minimum absolute atomic E-state index is 0.0360. The van der Waals surface area contributed by atoms with E-state index in [0.29, 0.717) is 38.6 Å². The fourth-order valence-electron chi connectivity index (χ4n) is 10.8. The Hall–Kier alpha value is -2.69. The van der Waals surface area contributed by atoms with Crippen LogP contribution < -0.4 is 10.6 Å². The van der Waals surface area contributed by atoms with Gasteiger partial charge in [-0.2, -0.15) is 0 Å². The molecule has 0 spiro atoms. The van der Waals surface area contributed by atoms with Gasteiger partial charge in [-0.1, -0.05) is 51.1 Å². The largest absolute Gasteiger partial charge is 0.467 e. The van der Waals surface area contributed by atoms with E-state index in [0.717, 1.165) is 44.1 Å². The van der Waals surface area contributed by atoms with Crippen molar-refractivity contribution in [2.45, 2.75) is 129 Å². The van der Waals surface area contributed by atoms with E-state index in [1.165, 1.54) is 7.11 Å². The molecule has 10 nitrogen and oxygen atoms in total. The highest BCUT2D eigenvalue weighted by molar-refractivity contribution is 5.84. The van der Waals surface area contributed by atoms with Crippen molar-refractivity contribution in [2.75, 3.05) is 13.7 Å². The number of methoxy groups -OCH3 is 1. The molecule has 1 aromatic carbocycles. The molecule has 2 amide bonds. The Balaban J connectivity index is 1.08. The molecule has 0 radical (unpaired) electrons. The maximum Gasteiger partial charge on any atom is 0.407 e. The second-order valence-corrected chi connectivity index (χ2v) is 16.2. The van der Waals surface area contributed by atoms with Crippen LogP contribution in [0.1, 0.15) is 103 Å². The highest BCUT2D eigenvalue weighted by Gasteiger charge is 2.65. The van der Waals surface area contributed by atoms with Crippen molar-refractivity contribution < 1.29 is 39.2 Å². The Bertz CT molecular complexity index is 1280. The van der Waals surface area contributed by atoms with Crippen LogP contribution in [0.15, 0.2) is 30.3 Å². The second kappa shape index (κ2) is 16.1. The topological polar surface area (TPSA) is 154 Å². The molecule has 0 bridgehead atoms. The molecule has 4 aliphatic rings. The van der Waals surface area contributed by atoms with E-state index in [9.17, 15) is 29.7 Å². The predicted molar refractivity (Wildman–Crippen MR) is 185 cm³/mol. The number of esters is 1. The Morgan fingerprint density at radius 2 is 1.71 bits per heavy atom. The number of hydrogen-bond acceptors (Lipinski definition) is 8. The summed E-state index contributed by atoms with van der Waals surface area (Å²) in [6.07, 6.45) is 6.71. The van der Waals surface area contributed by atoms with E-state index in [2.05, 4.69) is 31.4 Å². The smallest absolute Gasteiger partial charge is 0.407 e. The van der Waals surface area contributed by atoms with Gasteiger partial charge in [0.1, 0.15) is 12.6 Å². The van der Waals surface area contributed by atoms with Gasteiger partial charge in [0.25, 0.3) is 0 Å². The van der Waals surface area contributed by atoms with Crippen LogP contribution in [0.2, 0.25) is 0 Å². The highest BCUT2D eigenvalue weighted by atomic mass is 16.5. The third-order valence-electron chi connectivity index (χ3n) is 13.6. The van der Waals surface area contributed by atoms with Crippen LogP contribution in [0.3, 0.4) is 0 Å². The monoisotopic (exact) mass is 684 g/mol. The number of carbonyl (C=O) groups excluding carboxylic acids is 3. The predicted octanol–water partition coefficient (Wildman–Crippen LogP) is 5.12. The SMILES string of the molecule is COC(=O)[C@H](CCCCNC(=O)OCc1ccccc1)NC(=O)CC[C@@H](C)C1CCC2C3C(C[C@H](O)[C@@]21C)[C@@]1(C)CC[C@@H](O)CC1C[C@H]3O. The third kappa shape index (κ3) is 8.12. The van der Waals surface area contributed by atoms with Gasteiger partial charge in [-0.05, 0) is 123 Å². The number of rotatable bonds is 13. The van der Waals surface area contributed by atoms with Crippen molar-refractivity contribution in [3.8, 4) is 0 Å². The molecule has 0 saturated heterocycles. The molecule has 12 atom stereocenters. The first-order chi connectivity index (χ1) is 23.4. The fraction of sp³-hybridized carbons (Fsp3) is 0.769. The lowest BCUT2D eigenvalue weighted by Gasteiger charge is -2.63. The Morgan fingerprint density at radius 1 is 0.959 bits per heavy atom. The maximum atomic E-state index is 13.1. The number of aliphatic hydroxyl groups is 3. The Morgan fingerprint density at radius 3 is 2.45 bits per heavy atom. The zero-order valence-corrected chi connectivity index (χ0v) is 29.9. The average molecular weight is 685 g/mol. The fourth-order valence-corrected chi connectivity index (χ4v) is 10.8. The molecule has 0 aromatic heterocycles. The standard InChI is InChI=1S/C39H60N2O8/c1-24(13-16-34(45)41-31(36(46)48-4)12-8-9-19-40-37(47)49-23-25-10-6-5-7-11-25)28-14-15-29-35-30(22-33(44)39(28,29)3)38(2)18-17-27(42)20-26(38)21-32(35)43/h5-7,10-11,24,26-33,35,42-44H,8-9,12-23H2,1-4H3,(H,40,47)(H,41,45)/t24-,26?,27-,28?,29?,30?,31+,32-,33+,35?,38+,39-/m1/s1. The first kappa shape index (κ1) is 37.6. The van der Waals surface area contributed by atoms with Gasteiger partial charge in [0, 0.05) is 13.0 Å². The first-order valence-electron chi connectivity index (χ1n) is 18.7. The lowest BCUT2D eigenvalue weighted by atomic mass is 9.43. The molecular weight excluding hydrogens is 624 g/mol.